The largest absolute Gasteiger partial charge is 0.483 e. The van der Waals surface area contributed by atoms with Crippen molar-refractivity contribution in [3.05, 3.63) is 95.1 Å². The monoisotopic (exact) mass is 431 g/mol. The molecule has 5 heteroatoms. The number of hydrogen-bond donors (Lipinski definition) is 1. The van der Waals surface area contributed by atoms with Crippen molar-refractivity contribution in [2.24, 2.45) is 0 Å². The molecule has 0 amide bonds. The van der Waals surface area contributed by atoms with Gasteiger partial charge in [-0.05, 0) is 56.7 Å². The SMILES string of the molecule is COC1c2cc(NCc3ccccc3)ccc2OC(C)(C)C1OC(=O)c1ccc(C)cc1. The number of aryl methyl sites for hydroxylation is 1. The van der Waals surface area contributed by atoms with E-state index in [0.717, 1.165) is 22.6 Å². The number of benzene rings is 3. The van der Waals surface area contributed by atoms with Crippen molar-refractivity contribution in [3.8, 4) is 5.75 Å². The summed E-state index contributed by atoms with van der Waals surface area (Å²) in [5.41, 5.74) is 3.82. The second-order valence-electron chi connectivity index (χ2n) is 8.65. The first-order valence-electron chi connectivity index (χ1n) is 10.8. The molecule has 166 valence electrons. The van der Waals surface area contributed by atoms with E-state index in [2.05, 4.69) is 17.4 Å². The van der Waals surface area contributed by atoms with Gasteiger partial charge in [0.15, 0.2) is 6.10 Å². The summed E-state index contributed by atoms with van der Waals surface area (Å²) in [4.78, 5) is 12.9. The van der Waals surface area contributed by atoms with Crippen molar-refractivity contribution in [1.82, 2.24) is 0 Å². The van der Waals surface area contributed by atoms with Gasteiger partial charge in [-0.3, -0.25) is 0 Å². The van der Waals surface area contributed by atoms with Crippen molar-refractivity contribution < 1.29 is 19.0 Å². The molecule has 0 aliphatic carbocycles. The van der Waals surface area contributed by atoms with Crippen LogP contribution >= 0.6 is 0 Å². The maximum absolute atomic E-state index is 12.9. The van der Waals surface area contributed by atoms with Gasteiger partial charge in [-0.25, -0.2) is 4.79 Å². The Morgan fingerprint density at radius 2 is 1.75 bits per heavy atom. The highest BCUT2D eigenvalue weighted by Gasteiger charge is 2.47. The minimum atomic E-state index is -0.757. The fourth-order valence-corrected chi connectivity index (χ4v) is 3.97. The normalized spacial score (nSPS) is 18.9. The van der Waals surface area contributed by atoms with Crippen LogP contribution in [0.25, 0.3) is 0 Å². The Hall–Kier alpha value is -3.31. The molecule has 3 aromatic rings. The molecular formula is C27H29NO4. The first-order valence-corrected chi connectivity index (χ1v) is 10.8. The van der Waals surface area contributed by atoms with E-state index < -0.39 is 23.8 Å². The van der Waals surface area contributed by atoms with Crippen molar-refractivity contribution >= 4 is 11.7 Å². The number of fused-ring (bicyclic) bond motifs is 1. The molecule has 0 radical (unpaired) electrons. The average molecular weight is 432 g/mol. The highest BCUT2D eigenvalue weighted by molar-refractivity contribution is 5.89. The van der Waals surface area contributed by atoms with Gasteiger partial charge in [0.25, 0.3) is 0 Å². The van der Waals surface area contributed by atoms with Crippen LogP contribution in [-0.2, 0) is 16.0 Å². The predicted molar refractivity (Wildman–Crippen MR) is 125 cm³/mol. The molecule has 1 aliphatic heterocycles. The zero-order chi connectivity index (χ0) is 22.7. The number of rotatable bonds is 6. The standard InChI is InChI=1S/C27H29NO4/c1-18-10-12-20(13-11-18)26(29)31-25-24(30-4)22-16-21(14-15-23(22)32-27(25,2)3)28-17-19-8-6-5-7-9-19/h5-16,24-25,28H,17H2,1-4H3. The molecule has 32 heavy (non-hydrogen) atoms. The first kappa shape index (κ1) is 21.9. The lowest BCUT2D eigenvalue weighted by Gasteiger charge is -2.43. The Labute approximate surface area is 189 Å². The highest BCUT2D eigenvalue weighted by atomic mass is 16.6. The second-order valence-corrected chi connectivity index (χ2v) is 8.65. The molecule has 3 aromatic carbocycles. The highest BCUT2D eigenvalue weighted by Crippen LogP contribution is 2.44. The van der Waals surface area contributed by atoms with Crippen molar-refractivity contribution in [1.29, 1.82) is 0 Å². The summed E-state index contributed by atoms with van der Waals surface area (Å²) in [6, 6.07) is 23.5. The van der Waals surface area contributed by atoms with Crippen LogP contribution in [0.4, 0.5) is 5.69 Å². The number of carbonyl (C=O) groups excluding carboxylic acids is 1. The fourth-order valence-electron chi connectivity index (χ4n) is 3.97. The topological polar surface area (TPSA) is 56.8 Å². The van der Waals surface area contributed by atoms with E-state index in [9.17, 15) is 4.79 Å². The van der Waals surface area contributed by atoms with Crippen LogP contribution in [0.3, 0.4) is 0 Å². The molecule has 0 bridgehead atoms. The van der Waals surface area contributed by atoms with E-state index in [1.807, 2.05) is 69.3 Å². The number of carbonyl (C=O) groups is 1. The van der Waals surface area contributed by atoms with Gasteiger partial charge < -0.3 is 19.5 Å². The summed E-state index contributed by atoms with van der Waals surface area (Å²) in [6.07, 6.45) is -1.07. The Morgan fingerprint density at radius 3 is 2.44 bits per heavy atom. The first-order chi connectivity index (χ1) is 15.4. The Bertz CT molecular complexity index is 1080. The zero-order valence-electron chi connectivity index (χ0n) is 18.9. The smallest absolute Gasteiger partial charge is 0.338 e. The van der Waals surface area contributed by atoms with Gasteiger partial charge in [-0.1, -0.05) is 48.0 Å². The maximum atomic E-state index is 12.9. The minimum Gasteiger partial charge on any atom is -0.483 e. The zero-order valence-corrected chi connectivity index (χ0v) is 18.9. The maximum Gasteiger partial charge on any atom is 0.338 e. The lowest BCUT2D eigenvalue weighted by molar-refractivity contribution is -0.129. The number of anilines is 1. The third-order valence-corrected chi connectivity index (χ3v) is 5.76. The van der Waals surface area contributed by atoms with Crippen LogP contribution in [0, 0.1) is 6.92 Å². The van der Waals surface area contributed by atoms with Gasteiger partial charge in [0.05, 0.1) is 5.56 Å². The van der Waals surface area contributed by atoms with Crippen molar-refractivity contribution in [2.45, 2.75) is 45.1 Å². The number of nitrogens with one attached hydrogen (secondary N) is 1. The fraction of sp³-hybridized carbons (Fsp3) is 0.296. The summed E-state index contributed by atoms with van der Waals surface area (Å²) >= 11 is 0. The number of hydrogen-bond acceptors (Lipinski definition) is 5. The summed E-state index contributed by atoms with van der Waals surface area (Å²) in [5, 5.41) is 3.44. The van der Waals surface area contributed by atoms with Gasteiger partial charge in [0, 0.05) is 24.9 Å². The molecule has 0 saturated heterocycles. The summed E-state index contributed by atoms with van der Waals surface area (Å²) < 4.78 is 18.1. The molecule has 1 N–H and O–H groups in total. The molecule has 1 heterocycles. The van der Waals surface area contributed by atoms with Crippen LogP contribution in [0.2, 0.25) is 0 Å². The summed E-state index contributed by atoms with van der Waals surface area (Å²) in [7, 11) is 1.63. The van der Waals surface area contributed by atoms with E-state index in [1.54, 1.807) is 19.2 Å². The van der Waals surface area contributed by atoms with E-state index in [1.165, 1.54) is 5.56 Å². The molecule has 0 fully saturated rings. The number of ether oxygens (including phenoxy) is 3. The van der Waals surface area contributed by atoms with Gasteiger partial charge in [-0.15, -0.1) is 0 Å². The van der Waals surface area contributed by atoms with Gasteiger partial charge >= 0.3 is 5.97 Å². The van der Waals surface area contributed by atoms with Gasteiger partial charge in [0.1, 0.15) is 17.5 Å². The molecular weight excluding hydrogens is 402 g/mol. The van der Waals surface area contributed by atoms with E-state index >= 15 is 0 Å². The third kappa shape index (κ3) is 4.63. The molecule has 2 unspecified atom stereocenters. The molecule has 2 atom stereocenters. The molecule has 0 spiro atoms. The molecule has 5 nitrogen and oxygen atoms in total. The lowest BCUT2D eigenvalue weighted by Crippen LogP contribution is -2.51. The second kappa shape index (κ2) is 9.05. The lowest BCUT2D eigenvalue weighted by atomic mass is 9.87. The molecule has 1 aliphatic rings. The molecule has 0 aromatic heterocycles. The molecule has 0 saturated carbocycles. The van der Waals surface area contributed by atoms with Crippen LogP contribution < -0.4 is 10.1 Å². The predicted octanol–water partition coefficient (Wildman–Crippen LogP) is 5.69. The van der Waals surface area contributed by atoms with Crippen molar-refractivity contribution in [2.75, 3.05) is 12.4 Å². The Morgan fingerprint density at radius 1 is 1.03 bits per heavy atom. The Balaban J connectivity index is 1.57. The van der Waals surface area contributed by atoms with Crippen molar-refractivity contribution in [3.63, 3.8) is 0 Å². The summed E-state index contributed by atoms with van der Waals surface area (Å²) in [5.74, 6) is 0.338. The van der Waals surface area contributed by atoms with E-state index in [-0.39, 0.29) is 0 Å². The van der Waals surface area contributed by atoms with E-state index in [0.29, 0.717) is 12.1 Å². The minimum absolute atomic E-state index is 0.393. The van der Waals surface area contributed by atoms with Gasteiger partial charge in [-0.2, -0.15) is 0 Å². The van der Waals surface area contributed by atoms with E-state index in [4.69, 9.17) is 14.2 Å². The Kier molecular flexibility index (Phi) is 6.19. The van der Waals surface area contributed by atoms with Crippen LogP contribution in [0.5, 0.6) is 5.75 Å². The van der Waals surface area contributed by atoms with Gasteiger partial charge in [0.2, 0.25) is 0 Å². The summed E-state index contributed by atoms with van der Waals surface area (Å²) in [6.45, 7) is 6.51. The number of esters is 1. The quantitative estimate of drug-likeness (QED) is 0.508. The third-order valence-electron chi connectivity index (χ3n) is 5.76. The van der Waals surface area contributed by atoms with Crippen LogP contribution in [0.1, 0.15) is 47.0 Å². The number of methoxy groups -OCH3 is 1. The average Bonchev–Trinajstić information content (AvgIpc) is 2.79. The molecule has 4 rings (SSSR count). The van der Waals surface area contributed by atoms with Crippen LogP contribution in [0.15, 0.2) is 72.8 Å². The van der Waals surface area contributed by atoms with Crippen LogP contribution in [-0.4, -0.2) is 24.8 Å².